The number of non-ortho nitro benzene ring substituents is 1. The van der Waals surface area contributed by atoms with E-state index in [4.69, 9.17) is 15.2 Å². The van der Waals surface area contributed by atoms with Gasteiger partial charge in [0, 0.05) is 17.0 Å². The van der Waals surface area contributed by atoms with Crippen molar-refractivity contribution in [2.45, 2.75) is 19.4 Å². The van der Waals surface area contributed by atoms with Gasteiger partial charge in [-0.3, -0.25) is 14.9 Å². The summed E-state index contributed by atoms with van der Waals surface area (Å²) in [6.07, 6.45) is 0.263. The zero-order valence-electron chi connectivity index (χ0n) is 10.9. The van der Waals surface area contributed by atoms with Crippen LogP contribution in [-0.4, -0.2) is 30.1 Å². The van der Waals surface area contributed by atoms with Crippen molar-refractivity contribution >= 4 is 27.6 Å². The lowest BCUT2D eigenvalue weighted by atomic mass is 10.2. The van der Waals surface area contributed by atoms with E-state index < -0.39 is 16.9 Å². The van der Waals surface area contributed by atoms with Crippen LogP contribution in [0, 0.1) is 10.1 Å². The van der Waals surface area contributed by atoms with E-state index in [2.05, 4.69) is 15.9 Å². The molecule has 1 aromatic carbocycles. The standard InChI is InChI=1S/C12H15BrN2O5/c1-2-19-12(16)11(14)3-4-20-10-6-8(13)5-9(7-10)15(17)18/h5-7,11H,2-4,14H2,1H3. The molecule has 8 heteroatoms. The van der Waals surface area contributed by atoms with Crippen LogP contribution in [0.5, 0.6) is 5.75 Å². The van der Waals surface area contributed by atoms with Gasteiger partial charge in [0.05, 0.1) is 24.2 Å². The molecule has 0 aliphatic rings. The molecular formula is C12H15BrN2O5. The van der Waals surface area contributed by atoms with E-state index in [9.17, 15) is 14.9 Å². The Bertz CT molecular complexity index is 495. The highest BCUT2D eigenvalue weighted by molar-refractivity contribution is 9.10. The number of nitro benzene ring substituents is 1. The van der Waals surface area contributed by atoms with Gasteiger partial charge in [0.25, 0.3) is 5.69 Å². The molecule has 1 aromatic rings. The zero-order chi connectivity index (χ0) is 15.1. The van der Waals surface area contributed by atoms with Crippen molar-refractivity contribution in [3.05, 3.63) is 32.8 Å². The summed E-state index contributed by atoms with van der Waals surface area (Å²) in [6.45, 7) is 2.13. The minimum absolute atomic E-state index is 0.0796. The van der Waals surface area contributed by atoms with Gasteiger partial charge in [0.15, 0.2) is 0 Å². The molecule has 0 bridgehead atoms. The summed E-state index contributed by atoms with van der Waals surface area (Å²) in [7, 11) is 0. The third-order valence-electron chi connectivity index (χ3n) is 2.35. The lowest BCUT2D eigenvalue weighted by Gasteiger charge is -2.11. The monoisotopic (exact) mass is 346 g/mol. The number of rotatable bonds is 7. The van der Waals surface area contributed by atoms with Gasteiger partial charge in [0.1, 0.15) is 11.8 Å². The SMILES string of the molecule is CCOC(=O)C(N)CCOc1cc(Br)cc([N+](=O)[O-])c1. The molecule has 1 atom stereocenters. The highest BCUT2D eigenvalue weighted by Gasteiger charge is 2.15. The zero-order valence-corrected chi connectivity index (χ0v) is 12.5. The van der Waals surface area contributed by atoms with Crippen LogP contribution in [0.15, 0.2) is 22.7 Å². The molecule has 0 aromatic heterocycles. The first-order chi connectivity index (χ1) is 9.43. The molecule has 0 spiro atoms. The Morgan fingerprint density at radius 1 is 1.50 bits per heavy atom. The lowest BCUT2D eigenvalue weighted by molar-refractivity contribution is -0.385. The molecule has 7 nitrogen and oxygen atoms in total. The van der Waals surface area contributed by atoms with Crippen LogP contribution in [0.4, 0.5) is 5.69 Å². The van der Waals surface area contributed by atoms with Crippen LogP contribution in [0.1, 0.15) is 13.3 Å². The smallest absolute Gasteiger partial charge is 0.323 e. The maximum atomic E-state index is 11.3. The van der Waals surface area contributed by atoms with Crippen LogP contribution >= 0.6 is 15.9 Å². The van der Waals surface area contributed by atoms with Gasteiger partial charge >= 0.3 is 5.97 Å². The topological polar surface area (TPSA) is 105 Å². The number of benzene rings is 1. The number of carbonyl (C=O) groups is 1. The lowest BCUT2D eigenvalue weighted by Crippen LogP contribution is -2.33. The van der Waals surface area contributed by atoms with Gasteiger partial charge in [-0.25, -0.2) is 0 Å². The van der Waals surface area contributed by atoms with E-state index in [1.54, 1.807) is 13.0 Å². The van der Waals surface area contributed by atoms with Crippen LogP contribution in [0.25, 0.3) is 0 Å². The number of nitrogens with zero attached hydrogens (tertiary/aromatic N) is 1. The summed E-state index contributed by atoms with van der Waals surface area (Å²) in [5.74, 6) is -0.154. The van der Waals surface area contributed by atoms with Gasteiger partial charge in [-0.15, -0.1) is 0 Å². The molecule has 0 radical (unpaired) electrons. The molecule has 0 aliphatic carbocycles. The Morgan fingerprint density at radius 3 is 2.80 bits per heavy atom. The van der Waals surface area contributed by atoms with E-state index >= 15 is 0 Å². The van der Waals surface area contributed by atoms with E-state index in [1.807, 2.05) is 0 Å². The van der Waals surface area contributed by atoms with E-state index in [-0.39, 0.29) is 25.3 Å². The van der Waals surface area contributed by atoms with Crippen molar-refractivity contribution in [1.82, 2.24) is 0 Å². The summed E-state index contributed by atoms with van der Waals surface area (Å²) in [5.41, 5.74) is 5.52. The first-order valence-electron chi connectivity index (χ1n) is 5.94. The number of ether oxygens (including phenoxy) is 2. The number of nitrogens with two attached hydrogens (primary N) is 1. The van der Waals surface area contributed by atoms with E-state index in [1.165, 1.54) is 12.1 Å². The number of nitro groups is 1. The van der Waals surface area contributed by atoms with Gasteiger partial charge in [-0.05, 0) is 13.0 Å². The first-order valence-corrected chi connectivity index (χ1v) is 6.73. The number of hydrogen-bond donors (Lipinski definition) is 1. The Hall–Kier alpha value is -1.67. The molecule has 0 heterocycles. The maximum absolute atomic E-state index is 11.3. The molecular weight excluding hydrogens is 332 g/mol. The largest absolute Gasteiger partial charge is 0.493 e. The summed E-state index contributed by atoms with van der Waals surface area (Å²) >= 11 is 3.16. The Labute approximate surface area is 124 Å². The number of halogens is 1. The van der Waals surface area contributed by atoms with Crippen molar-refractivity contribution in [2.75, 3.05) is 13.2 Å². The van der Waals surface area contributed by atoms with Crippen molar-refractivity contribution < 1.29 is 19.2 Å². The fourth-order valence-electron chi connectivity index (χ4n) is 1.41. The molecule has 1 unspecified atom stereocenters. The maximum Gasteiger partial charge on any atom is 0.323 e. The fraction of sp³-hybridized carbons (Fsp3) is 0.417. The molecule has 2 N–H and O–H groups in total. The van der Waals surface area contributed by atoms with Crippen molar-refractivity contribution in [3.63, 3.8) is 0 Å². The second kappa shape index (κ2) is 7.81. The summed E-state index contributed by atoms with van der Waals surface area (Å²) in [4.78, 5) is 21.5. The molecule has 110 valence electrons. The van der Waals surface area contributed by atoms with Gasteiger partial charge < -0.3 is 15.2 Å². The molecule has 0 fully saturated rings. The second-order valence-corrected chi connectivity index (χ2v) is 4.81. The van der Waals surface area contributed by atoms with Crippen molar-refractivity contribution in [3.8, 4) is 5.75 Å². The third-order valence-corrected chi connectivity index (χ3v) is 2.81. The summed E-state index contributed by atoms with van der Waals surface area (Å²) < 4.78 is 10.7. The van der Waals surface area contributed by atoms with Crippen molar-refractivity contribution in [1.29, 1.82) is 0 Å². The van der Waals surface area contributed by atoms with E-state index in [0.29, 0.717) is 10.2 Å². The Morgan fingerprint density at radius 2 is 2.20 bits per heavy atom. The highest BCUT2D eigenvalue weighted by Crippen LogP contribution is 2.26. The average Bonchev–Trinajstić information content (AvgIpc) is 2.38. The highest BCUT2D eigenvalue weighted by atomic mass is 79.9. The Kier molecular flexibility index (Phi) is 6.40. The number of hydrogen-bond acceptors (Lipinski definition) is 6. The molecule has 0 saturated carbocycles. The molecule has 0 saturated heterocycles. The number of carbonyl (C=O) groups excluding carboxylic acids is 1. The van der Waals surface area contributed by atoms with Gasteiger partial charge in [-0.1, -0.05) is 15.9 Å². The van der Waals surface area contributed by atoms with Crippen LogP contribution in [0.3, 0.4) is 0 Å². The normalized spacial score (nSPS) is 11.8. The predicted molar refractivity (Wildman–Crippen MR) is 75.5 cm³/mol. The van der Waals surface area contributed by atoms with Gasteiger partial charge in [-0.2, -0.15) is 0 Å². The number of esters is 1. The Balaban J connectivity index is 2.54. The molecule has 0 aliphatic heterocycles. The average molecular weight is 347 g/mol. The minimum atomic E-state index is -0.767. The molecule has 0 amide bonds. The van der Waals surface area contributed by atoms with Crippen molar-refractivity contribution in [2.24, 2.45) is 5.73 Å². The van der Waals surface area contributed by atoms with Crippen LogP contribution in [-0.2, 0) is 9.53 Å². The fourth-order valence-corrected chi connectivity index (χ4v) is 1.87. The quantitative estimate of drug-likeness (QED) is 0.460. The van der Waals surface area contributed by atoms with Gasteiger partial charge in [0.2, 0.25) is 0 Å². The summed E-state index contributed by atoms with van der Waals surface area (Å²) in [5, 5.41) is 10.7. The summed E-state index contributed by atoms with van der Waals surface area (Å²) in [6, 6.07) is 3.51. The van der Waals surface area contributed by atoms with E-state index in [0.717, 1.165) is 0 Å². The first kappa shape index (κ1) is 16.4. The predicted octanol–water partition coefficient (Wildman–Crippen LogP) is 2.02. The second-order valence-electron chi connectivity index (χ2n) is 3.90. The molecule has 1 rings (SSSR count). The van der Waals surface area contributed by atoms with Crippen LogP contribution in [0.2, 0.25) is 0 Å². The molecule has 20 heavy (non-hydrogen) atoms. The minimum Gasteiger partial charge on any atom is -0.493 e. The third kappa shape index (κ3) is 5.14. The van der Waals surface area contributed by atoms with Crippen LogP contribution < -0.4 is 10.5 Å².